The molecule has 0 aromatic heterocycles. The summed E-state index contributed by atoms with van der Waals surface area (Å²) in [5, 5.41) is 11.3. The van der Waals surface area contributed by atoms with Crippen LogP contribution in [0.15, 0.2) is 42.5 Å². The molecule has 2 unspecified atom stereocenters. The number of ether oxygens (including phenoxy) is 1. The molecule has 1 saturated heterocycles. The molecule has 164 valence electrons. The first-order valence-electron chi connectivity index (χ1n) is 10.3. The van der Waals surface area contributed by atoms with Crippen LogP contribution in [0, 0.1) is 6.92 Å². The summed E-state index contributed by atoms with van der Waals surface area (Å²) in [6, 6.07) is 13.7. The van der Waals surface area contributed by atoms with Crippen LogP contribution in [0.4, 0.5) is 0 Å². The number of aliphatic hydroxyl groups is 1. The molecule has 1 heterocycles. The van der Waals surface area contributed by atoms with E-state index in [1.165, 1.54) is 5.56 Å². The molecule has 1 N–H and O–H groups in total. The van der Waals surface area contributed by atoms with Gasteiger partial charge in [0, 0.05) is 24.2 Å². The maximum Gasteiger partial charge on any atom is 0.151 e. The fourth-order valence-corrected chi connectivity index (χ4v) is 5.62. The van der Waals surface area contributed by atoms with Crippen LogP contribution in [-0.2, 0) is 22.8 Å². The minimum atomic E-state index is -3.01. The van der Waals surface area contributed by atoms with E-state index in [1.807, 2.05) is 13.0 Å². The number of benzene rings is 2. The van der Waals surface area contributed by atoms with E-state index in [0.717, 1.165) is 17.5 Å². The van der Waals surface area contributed by atoms with Gasteiger partial charge in [-0.2, -0.15) is 0 Å². The Morgan fingerprint density at radius 1 is 1.20 bits per heavy atom. The molecule has 1 aliphatic rings. The molecule has 0 bridgehead atoms. The highest BCUT2D eigenvalue weighted by molar-refractivity contribution is 7.91. The molecular weight excluding hydrogens is 422 g/mol. The van der Waals surface area contributed by atoms with Gasteiger partial charge >= 0.3 is 0 Å². The zero-order valence-corrected chi connectivity index (χ0v) is 19.1. The average Bonchev–Trinajstić information content (AvgIpc) is 3.08. The van der Waals surface area contributed by atoms with Crippen LogP contribution in [0.5, 0.6) is 5.75 Å². The zero-order chi connectivity index (χ0) is 21.7. The van der Waals surface area contributed by atoms with Crippen LogP contribution < -0.4 is 4.74 Å². The third kappa shape index (κ3) is 6.45. The predicted octanol–water partition coefficient (Wildman–Crippen LogP) is 3.64. The molecule has 5 nitrogen and oxygen atoms in total. The second kappa shape index (κ2) is 10.1. The van der Waals surface area contributed by atoms with E-state index in [4.69, 9.17) is 16.3 Å². The van der Waals surface area contributed by atoms with Gasteiger partial charge in [0.05, 0.1) is 11.5 Å². The summed E-state index contributed by atoms with van der Waals surface area (Å²) >= 11 is 6.04. The van der Waals surface area contributed by atoms with Crippen LogP contribution in [-0.4, -0.2) is 55.2 Å². The predicted molar refractivity (Wildman–Crippen MR) is 121 cm³/mol. The fraction of sp³-hybridized carbons (Fsp3) is 0.478. The number of hydrogen-bond acceptors (Lipinski definition) is 5. The van der Waals surface area contributed by atoms with Gasteiger partial charge in [-0.1, -0.05) is 42.8 Å². The van der Waals surface area contributed by atoms with Crippen molar-refractivity contribution in [3.05, 3.63) is 64.2 Å². The van der Waals surface area contributed by atoms with Gasteiger partial charge < -0.3 is 9.84 Å². The molecule has 7 heteroatoms. The summed E-state index contributed by atoms with van der Waals surface area (Å²) in [4.78, 5) is 2.08. The summed E-state index contributed by atoms with van der Waals surface area (Å²) in [5.41, 5.74) is 3.29. The third-order valence-electron chi connectivity index (χ3n) is 5.56. The van der Waals surface area contributed by atoms with Crippen LogP contribution in [0.3, 0.4) is 0 Å². The molecule has 2 aromatic rings. The molecule has 0 amide bonds. The van der Waals surface area contributed by atoms with E-state index < -0.39 is 15.9 Å². The normalized spacial score (nSPS) is 19.2. The lowest BCUT2D eigenvalue weighted by atomic mass is 10.1. The van der Waals surface area contributed by atoms with E-state index >= 15 is 0 Å². The van der Waals surface area contributed by atoms with Crippen molar-refractivity contribution in [3.63, 3.8) is 0 Å². The number of halogens is 1. The van der Waals surface area contributed by atoms with Gasteiger partial charge in [-0.05, 0) is 54.7 Å². The van der Waals surface area contributed by atoms with Crippen LogP contribution in [0.25, 0.3) is 0 Å². The zero-order valence-electron chi connectivity index (χ0n) is 17.6. The van der Waals surface area contributed by atoms with Gasteiger partial charge in [0.25, 0.3) is 0 Å². The Kier molecular flexibility index (Phi) is 7.80. The Morgan fingerprint density at radius 2 is 1.90 bits per heavy atom. The highest BCUT2D eigenvalue weighted by Crippen LogP contribution is 2.23. The van der Waals surface area contributed by atoms with Gasteiger partial charge in [0.2, 0.25) is 0 Å². The van der Waals surface area contributed by atoms with Gasteiger partial charge in [-0.15, -0.1) is 0 Å². The van der Waals surface area contributed by atoms with E-state index in [0.29, 0.717) is 30.3 Å². The molecule has 2 atom stereocenters. The summed E-state index contributed by atoms with van der Waals surface area (Å²) in [7, 11) is -3.01. The maximum atomic E-state index is 12.0. The molecule has 3 rings (SSSR count). The molecule has 0 spiro atoms. The Labute approximate surface area is 184 Å². The summed E-state index contributed by atoms with van der Waals surface area (Å²) in [6.07, 6.45) is 0.837. The topological polar surface area (TPSA) is 66.8 Å². The largest absolute Gasteiger partial charge is 0.491 e. The molecule has 0 saturated carbocycles. The van der Waals surface area contributed by atoms with Crippen molar-refractivity contribution < 1.29 is 18.3 Å². The van der Waals surface area contributed by atoms with Crippen molar-refractivity contribution in [3.8, 4) is 5.75 Å². The van der Waals surface area contributed by atoms with Crippen molar-refractivity contribution in [1.82, 2.24) is 4.90 Å². The smallest absolute Gasteiger partial charge is 0.151 e. The van der Waals surface area contributed by atoms with Crippen molar-refractivity contribution in [1.29, 1.82) is 0 Å². The lowest BCUT2D eigenvalue weighted by molar-refractivity contribution is 0.0524. The maximum absolute atomic E-state index is 12.0. The number of hydrogen-bond donors (Lipinski definition) is 1. The molecule has 0 aliphatic carbocycles. The minimum Gasteiger partial charge on any atom is -0.491 e. The third-order valence-corrected chi connectivity index (χ3v) is 7.73. The molecule has 2 aromatic carbocycles. The monoisotopic (exact) mass is 451 g/mol. The van der Waals surface area contributed by atoms with Gasteiger partial charge in [0.15, 0.2) is 9.84 Å². The lowest BCUT2D eigenvalue weighted by Crippen LogP contribution is -2.42. The minimum absolute atomic E-state index is 0.0896. The number of rotatable bonds is 9. The highest BCUT2D eigenvalue weighted by atomic mass is 35.5. The van der Waals surface area contributed by atoms with E-state index in [2.05, 4.69) is 36.1 Å². The second-order valence-corrected chi connectivity index (χ2v) is 10.7. The SMILES string of the molecule is CCc1ccc(CN(CC(O)COc2ccc(Cl)c(C)c2)C2CCS(=O)(=O)C2)cc1. The van der Waals surface area contributed by atoms with Crippen LogP contribution in [0.1, 0.15) is 30.0 Å². The van der Waals surface area contributed by atoms with E-state index in [1.54, 1.807) is 12.1 Å². The Hall–Kier alpha value is -1.60. The van der Waals surface area contributed by atoms with E-state index in [9.17, 15) is 13.5 Å². The summed E-state index contributed by atoms with van der Waals surface area (Å²) in [6.45, 7) is 5.09. The number of aryl methyl sites for hydroxylation is 2. The van der Waals surface area contributed by atoms with Gasteiger partial charge in [-0.25, -0.2) is 8.42 Å². The first-order valence-corrected chi connectivity index (χ1v) is 12.5. The highest BCUT2D eigenvalue weighted by Gasteiger charge is 2.33. The number of sulfone groups is 1. The second-order valence-electron chi connectivity index (χ2n) is 8.03. The van der Waals surface area contributed by atoms with Crippen molar-refractivity contribution in [2.45, 2.75) is 45.4 Å². The Bertz CT molecular complexity index is 946. The van der Waals surface area contributed by atoms with Crippen LogP contribution >= 0.6 is 11.6 Å². The number of aliphatic hydroxyl groups excluding tert-OH is 1. The standard InChI is InChI=1S/C23H30ClNO4S/c1-3-18-4-6-19(7-5-18)13-25(20-10-11-30(27,28)16-20)14-21(26)15-29-22-8-9-23(24)17(2)12-22/h4-9,12,20-21,26H,3,10-11,13-16H2,1-2H3. The molecule has 0 radical (unpaired) electrons. The first kappa shape index (κ1) is 23.1. The summed E-state index contributed by atoms with van der Waals surface area (Å²) < 4.78 is 29.8. The van der Waals surface area contributed by atoms with E-state index in [-0.39, 0.29) is 24.2 Å². The molecule has 1 aliphatic heterocycles. The Balaban J connectivity index is 1.65. The number of nitrogens with zero attached hydrogens (tertiary/aromatic N) is 1. The first-order chi connectivity index (χ1) is 14.3. The van der Waals surface area contributed by atoms with Crippen molar-refractivity contribution in [2.24, 2.45) is 0 Å². The molecule has 30 heavy (non-hydrogen) atoms. The van der Waals surface area contributed by atoms with Gasteiger partial charge in [0.1, 0.15) is 18.5 Å². The fourth-order valence-electron chi connectivity index (χ4n) is 3.74. The molecular formula is C23H30ClNO4S. The average molecular weight is 452 g/mol. The Morgan fingerprint density at radius 3 is 2.50 bits per heavy atom. The van der Waals surface area contributed by atoms with Crippen molar-refractivity contribution in [2.75, 3.05) is 24.7 Å². The lowest BCUT2D eigenvalue weighted by Gasteiger charge is -2.30. The van der Waals surface area contributed by atoms with Crippen molar-refractivity contribution >= 4 is 21.4 Å². The van der Waals surface area contributed by atoms with Crippen LogP contribution in [0.2, 0.25) is 5.02 Å². The quantitative estimate of drug-likeness (QED) is 0.630. The summed E-state index contributed by atoms with van der Waals surface area (Å²) in [5.74, 6) is 1.00. The molecule has 1 fully saturated rings. The van der Waals surface area contributed by atoms with Gasteiger partial charge in [-0.3, -0.25) is 4.90 Å².